The molecule has 4 rings (SSSR count). The molecule has 0 spiro atoms. The second-order valence-electron chi connectivity index (χ2n) is 7.52. The van der Waals surface area contributed by atoms with Crippen LogP contribution in [0.3, 0.4) is 0 Å². The van der Waals surface area contributed by atoms with Gasteiger partial charge < -0.3 is 20.5 Å². The summed E-state index contributed by atoms with van der Waals surface area (Å²) in [6.07, 6.45) is 1.75. The zero-order valence-corrected chi connectivity index (χ0v) is 20.4. The molecule has 1 atom stereocenters. The number of aliphatic imine (C=N–C) groups is 1. The molecule has 1 aromatic heterocycles. The second kappa shape index (κ2) is 9.98. The lowest BCUT2D eigenvalue weighted by atomic mass is 9.96. The lowest BCUT2D eigenvalue weighted by Gasteiger charge is -2.20. The van der Waals surface area contributed by atoms with E-state index in [2.05, 4.69) is 46.0 Å². The van der Waals surface area contributed by atoms with Gasteiger partial charge >= 0.3 is 0 Å². The maximum atomic E-state index is 10.6. The van der Waals surface area contributed by atoms with Crippen molar-refractivity contribution < 1.29 is 9.84 Å². The smallest absolute Gasteiger partial charge is 0.191 e. The minimum Gasteiger partial charge on any atom is -0.497 e. The van der Waals surface area contributed by atoms with Crippen LogP contribution in [0.1, 0.15) is 29.4 Å². The number of aliphatic hydroxyl groups excluding tert-OH is 1. The molecule has 1 fully saturated rings. The van der Waals surface area contributed by atoms with Crippen LogP contribution in [-0.2, 0) is 5.41 Å². The van der Waals surface area contributed by atoms with Crippen molar-refractivity contribution in [2.45, 2.75) is 24.4 Å². The molecule has 7 heteroatoms. The summed E-state index contributed by atoms with van der Waals surface area (Å²) in [6.45, 7) is 1.24. The number of halogens is 1. The highest BCUT2D eigenvalue weighted by atomic mass is 127. The quantitative estimate of drug-likeness (QED) is 0.237. The molecule has 30 heavy (non-hydrogen) atoms. The van der Waals surface area contributed by atoms with Gasteiger partial charge in [-0.05, 0) is 48.1 Å². The highest BCUT2D eigenvalue weighted by Crippen LogP contribution is 2.47. The molecule has 3 aromatic rings. The van der Waals surface area contributed by atoms with Gasteiger partial charge in [0.1, 0.15) is 11.9 Å². The minimum atomic E-state index is -0.567. The van der Waals surface area contributed by atoms with Crippen molar-refractivity contribution in [1.29, 1.82) is 0 Å². The van der Waals surface area contributed by atoms with Crippen LogP contribution in [0.2, 0.25) is 0 Å². The largest absolute Gasteiger partial charge is 0.497 e. The number of nitrogens with one attached hydrogen (secondary N) is 2. The molecule has 160 valence electrons. The van der Waals surface area contributed by atoms with Crippen LogP contribution in [0.5, 0.6) is 5.75 Å². The molecule has 5 nitrogen and oxygen atoms in total. The molecule has 2 aromatic carbocycles. The van der Waals surface area contributed by atoms with Gasteiger partial charge in [-0.15, -0.1) is 35.3 Å². The number of fused-ring (bicyclic) bond motifs is 1. The molecular weight excluding hydrogens is 509 g/mol. The van der Waals surface area contributed by atoms with Gasteiger partial charge in [0.25, 0.3) is 0 Å². The fraction of sp³-hybridized carbons (Fsp3) is 0.348. The van der Waals surface area contributed by atoms with Gasteiger partial charge in [-0.25, -0.2) is 0 Å². The Morgan fingerprint density at radius 3 is 2.53 bits per heavy atom. The molecule has 1 aliphatic rings. The van der Waals surface area contributed by atoms with Crippen molar-refractivity contribution in [2.24, 2.45) is 4.99 Å². The van der Waals surface area contributed by atoms with E-state index in [0.717, 1.165) is 30.0 Å². The predicted molar refractivity (Wildman–Crippen MR) is 135 cm³/mol. The molecular formula is C23H28IN3O2S. The average Bonchev–Trinajstić information content (AvgIpc) is 3.43. The van der Waals surface area contributed by atoms with Crippen molar-refractivity contribution in [1.82, 2.24) is 10.6 Å². The Balaban J connectivity index is 0.00000256. The van der Waals surface area contributed by atoms with Crippen molar-refractivity contribution in [3.05, 3.63) is 65.0 Å². The van der Waals surface area contributed by atoms with Gasteiger partial charge in [0.2, 0.25) is 0 Å². The van der Waals surface area contributed by atoms with E-state index in [1.165, 1.54) is 15.6 Å². The number of hydrogen-bond acceptors (Lipinski definition) is 4. The van der Waals surface area contributed by atoms with Crippen LogP contribution < -0.4 is 15.4 Å². The van der Waals surface area contributed by atoms with E-state index in [4.69, 9.17) is 4.74 Å². The second-order valence-corrected chi connectivity index (χ2v) is 8.63. The molecule has 0 radical (unpaired) electrons. The molecule has 0 saturated heterocycles. The van der Waals surface area contributed by atoms with Gasteiger partial charge in [-0.2, -0.15) is 0 Å². The number of ether oxygens (including phenoxy) is 1. The van der Waals surface area contributed by atoms with Crippen LogP contribution in [0.25, 0.3) is 10.1 Å². The molecule has 0 aliphatic heterocycles. The van der Waals surface area contributed by atoms with E-state index in [9.17, 15) is 5.11 Å². The zero-order chi connectivity index (χ0) is 20.3. The summed E-state index contributed by atoms with van der Waals surface area (Å²) in [6, 6.07) is 18.6. The molecule has 3 N–H and O–H groups in total. The van der Waals surface area contributed by atoms with E-state index in [1.807, 2.05) is 24.3 Å². The number of thiophene rings is 1. The first-order valence-electron chi connectivity index (χ1n) is 9.89. The Hall–Kier alpha value is -1.84. The van der Waals surface area contributed by atoms with Crippen molar-refractivity contribution in [2.75, 3.05) is 27.2 Å². The number of rotatable bonds is 7. The molecule has 1 unspecified atom stereocenters. The number of guanidine groups is 1. The summed E-state index contributed by atoms with van der Waals surface area (Å²) in [4.78, 5) is 5.28. The van der Waals surface area contributed by atoms with Gasteiger partial charge in [0.05, 0.1) is 7.11 Å². The normalized spacial score (nSPS) is 15.9. The number of hydrogen-bond donors (Lipinski definition) is 3. The zero-order valence-electron chi connectivity index (χ0n) is 17.2. The van der Waals surface area contributed by atoms with Crippen LogP contribution in [-0.4, -0.2) is 38.3 Å². The minimum absolute atomic E-state index is 0. The van der Waals surface area contributed by atoms with Gasteiger partial charge in [0, 0.05) is 35.1 Å². The number of aliphatic hydroxyl groups is 1. The van der Waals surface area contributed by atoms with Crippen LogP contribution >= 0.6 is 35.3 Å². The number of nitrogens with zero attached hydrogens (tertiary/aromatic N) is 1. The SMILES string of the molecule is CN=C(NCC(O)c1cc2ccccc2s1)NCC1(c2ccc(OC)cc2)CC1.I. The lowest BCUT2D eigenvalue weighted by Crippen LogP contribution is -2.42. The molecule has 1 heterocycles. The molecule has 0 amide bonds. The third kappa shape index (κ3) is 5.07. The predicted octanol–water partition coefficient (Wildman–Crippen LogP) is 4.46. The molecule has 1 aliphatic carbocycles. The van der Waals surface area contributed by atoms with E-state index in [-0.39, 0.29) is 29.4 Å². The van der Waals surface area contributed by atoms with Gasteiger partial charge in [-0.3, -0.25) is 4.99 Å². The topological polar surface area (TPSA) is 65.9 Å². The number of methoxy groups -OCH3 is 1. The fourth-order valence-electron chi connectivity index (χ4n) is 3.60. The van der Waals surface area contributed by atoms with E-state index < -0.39 is 6.10 Å². The van der Waals surface area contributed by atoms with E-state index in [0.29, 0.717) is 12.5 Å². The third-order valence-corrected chi connectivity index (χ3v) is 6.83. The van der Waals surface area contributed by atoms with Crippen LogP contribution in [0.4, 0.5) is 0 Å². The first-order chi connectivity index (χ1) is 14.1. The van der Waals surface area contributed by atoms with Crippen LogP contribution in [0.15, 0.2) is 59.6 Å². The van der Waals surface area contributed by atoms with Gasteiger partial charge in [-0.1, -0.05) is 30.3 Å². The van der Waals surface area contributed by atoms with E-state index >= 15 is 0 Å². The Kier molecular flexibility index (Phi) is 7.60. The van der Waals surface area contributed by atoms with Crippen molar-refractivity contribution in [3.63, 3.8) is 0 Å². The Morgan fingerprint density at radius 1 is 1.17 bits per heavy atom. The Morgan fingerprint density at radius 2 is 1.90 bits per heavy atom. The fourth-order valence-corrected chi connectivity index (χ4v) is 4.65. The molecule has 0 bridgehead atoms. The molecule has 1 saturated carbocycles. The third-order valence-electron chi connectivity index (χ3n) is 5.61. The van der Waals surface area contributed by atoms with Crippen LogP contribution in [0, 0.1) is 0 Å². The summed E-state index contributed by atoms with van der Waals surface area (Å²) in [5.41, 5.74) is 1.49. The summed E-state index contributed by atoms with van der Waals surface area (Å²) in [5, 5.41) is 18.4. The summed E-state index contributed by atoms with van der Waals surface area (Å²) in [5.74, 6) is 1.59. The van der Waals surface area contributed by atoms with E-state index in [1.54, 1.807) is 25.5 Å². The Labute approximate surface area is 198 Å². The van der Waals surface area contributed by atoms with Gasteiger partial charge in [0.15, 0.2) is 5.96 Å². The highest BCUT2D eigenvalue weighted by Gasteiger charge is 2.44. The summed E-state index contributed by atoms with van der Waals surface area (Å²) < 4.78 is 6.45. The first-order valence-corrected chi connectivity index (χ1v) is 10.7. The maximum Gasteiger partial charge on any atom is 0.191 e. The lowest BCUT2D eigenvalue weighted by molar-refractivity contribution is 0.184. The summed E-state index contributed by atoms with van der Waals surface area (Å²) >= 11 is 1.63. The standard InChI is InChI=1S/C23H27N3O2S.HI/c1-24-22(25-14-19(27)21-13-16-5-3-4-6-20(16)29-21)26-15-23(11-12-23)17-7-9-18(28-2)10-8-17;/h3-10,13,19,27H,11-12,14-15H2,1-2H3,(H2,24,25,26);1H. The monoisotopic (exact) mass is 537 g/mol. The summed E-state index contributed by atoms with van der Waals surface area (Å²) in [7, 11) is 3.44. The van der Waals surface area contributed by atoms with Crippen molar-refractivity contribution >= 4 is 51.4 Å². The first kappa shape index (κ1) is 22.8. The van der Waals surface area contributed by atoms with Crippen molar-refractivity contribution in [3.8, 4) is 5.75 Å². The highest BCUT2D eigenvalue weighted by molar-refractivity contribution is 14.0. The Bertz CT molecular complexity index is 966. The maximum absolute atomic E-state index is 10.6. The number of benzene rings is 2. The average molecular weight is 537 g/mol.